The van der Waals surface area contributed by atoms with E-state index in [-0.39, 0.29) is 24.1 Å². The third kappa shape index (κ3) is 4.51. The van der Waals surface area contributed by atoms with Crippen molar-refractivity contribution in [1.82, 2.24) is 9.62 Å². The number of sulfonamides is 1. The van der Waals surface area contributed by atoms with Gasteiger partial charge in [0.2, 0.25) is 10.0 Å². The Morgan fingerprint density at radius 3 is 2.70 bits per heavy atom. The summed E-state index contributed by atoms with van der Waals surface area (Å²) in [4.78, 5) is 2.31. The highest BCUT2D eigenvalue weighted by Crippen LogP contribution is 2.31. The Morgan fingerprint density at radius 1 is 1.30 bits per heavy atom. The summed E-state index contributed by atoms with van der Waals surface area (Å²) in [6, 6.07) is 7.86. The lowest BCUT2D eigenvalue weighted by Gasteiger charge is -2.34. The van der Waals surface area contributed by atoms with Gasteiger partial charge in [0.25, 0.3) is 0 Å². The van der Waals surface area contributed by atoms with E-state index in [1.165, 1.54) is 12.1 Å². The Morgan fingerprint density at radius 2 is 2.04 bits per heavy atom. The molecule has 0 aromatic heterocycles. The molecular weight excluding hydrogens is 372 g/mol. The van der Waals surface area contributed by atoms with E-state index in [0.29, 0.717) is 6.61 Å². The van der Waals surface area contributed by atoms with Crippen LogP contribution >= 0.6 is 0 Å². The van der Waals surface area contributed by atoms with Crippen LogP contribution in [0, 0.1) is 0 Å². The molecule has 3 rings (SSSR count). The fraction of sp³-hybridized carbons (Fsp3) is 0.667. The number of benzene rings is 1. The molecule has 0 bridgehead atoms. The Balaban J connectivity index is 1.74. The van der Waals surface area contributed by atoms with Crippen LogP contribution < -0.4 is 4.72 Å². The molecule has 0 unspecified atom stereocenters. The summed E-state index contributed by atoms with van der Waals surface area (Å²) in [5.41, 5.74) is 0. The van der Waals surface area contributed by atoms with E-state index in [0.717, 1.165) is 19.4 Å². The third-order valence-electron chi connectivity index (χ3n) is 5.33. The zero-order chi connectivity index (χ0) is 19.4. The number of ether oxygens (including phenoxy) is 2. The van der Waals surface area contributed by atoms with Crippen molar-refractivity contribution in [3.63, 3.8) is 0 Å². The standard InChI is InChI=1S/C18H28N2O6S/c1-25-12-13-6-5-9-20(13)17-15(26-16(11-21)18(17)22)10-19-27(23,24)14-7-3-2-4-8-14/h2-4,7-8,13,15-19,21-22H,5-6,9-12H2,1H3/t13-,15-,16+,17+,18-/m1/s1. The van der Waals surface area contributed by atoms with Crippen molar-refractivity contribution in [2.24, 2.45) is 0 Å². The van der Waals surface area contributed by atoms with E-state index in [1.54, 1.807) is 25.3 Å². The van der Waals surface area contributed by atoms with Crippen LogP contribution in [0.1, 0.15) is 12.8 Å². The number of nitrogens with zero attached hydrogens (tertiary/aromatic N) is 1. The summed E-state index contributed by atoms with van der Waals surface area (Å²) in [5, 5.41) is 20.2. The molecule has 0 spiro atoms. The quantitative estimate of drug-likeness (QED) is 0.543. The van der Waals surface area contributed by atoms with Gasteiger partial charge in [0.05, 0.1) is 30.3 Å². The molecule has 0 saturated carbocycles. The maximum atomic E-state index is 12.5. The molecule has 1 aromatic rings. The van der Waals surface area contributed by atoms with E-state index < -0.39 is 34.4 Å². The van der Waals surface area contributed by atoms with Gasteiger partial charge in [-0.05, 0) is 31.5 Å². The second kappa shape index (κ2) is 8.95. The summed E-state index contributed by atoms with van der Waals surface area (Å²) in [5.74, 6) is 0. The average molecular weight is 400 g/mol. The highest BCUT2D eigenvalue weighted by molar-refractivity contribution is 7.89. The maximum Gasteiger partial charge on any atom is 0.240 e. The van der Waals surface area contributed by atoms with Crippen LogP contribution in [-0.2, 0) is 19.5 Å². The lowest BCUT2D eigenvalue weighted by atomic mass is 10.0. The van der Waals surface area contributed by atoms with E-state index in [9.17, 15) is 18.6 Å². The molecule has 5 atom stereocenters. The Kier molecular flexibility index (Phi) is 6.85. The topological polar surface area (TPSA) is 108 Å². The average Bonchev–Trinajstić information content (AvgIpc) is 3.24. The van der Waals surface area contributed by atoms with Gasteiger partial charge in [-0.1, -0.05) is 18.2 Å². The van der Waals surface area contributed by atoms with Gasteiger partial charge >= 0.3 is 0 Å². The van der Waals surface area contributed by atoms with Crippen LogP contribution in [0.15, 0.2) is 35.2 Å². The summed E-state index contributed by atoms with van der Waals surface area (Å²) < 4.78 is 38.7. The van der Waals surface area contributed by atoms with Gasteiger partial charge in [-0.15, -0.1) is 0 Å². The van der Waals surface area contributed by atoms with Crippen molar-refractivity contribution in [2.45, 2.75) is 48.1 Å². The number of aliphatic hydroxyl groups excluding tert-OH is 2. The maximum absolute atomic E-state index is 12.5. The first-order chi connectivity index (χ1) is 13.0. The molecule has 9 heteroatoms. The largest absolute Gasteiger partial charge is 0.394 e. The van der Waals surface area contributed by atoms with E-state index in [4.69, 9.17) is 9.47 Å². The molecule has 2 heterocycles. The predicted molar refractivity (Wildman–Crippen MR) is 98.8 cm³/mol. The van der Waals surface area contributed by atoms with E-state index in [1.807, 2.05) is 0 Å². The molecule has 27 heavy (non-hydrogen) atoms. The Hall–Kier alpha value is -1.07. The third-order valence-corrected chi connectivity index (χ3v) is 6.77. The number of likely N-dealkylation sites (tertiary alicyclic amines) is 1. The van der Waals surface area contributed by atoms with E-state index >= 15 is 0 Å². The van der Waals surface area contributed by atoms with Gasteiger partial charge in [0.15, 0.2) is 0 Å². The second-order valence-electron chi connectivity index (χ2n) is 7.03. The molecule has 2 aliphatic rings. The van der Waals surface area contributed by atoms with Crippen LogP contribution in [0.25, 0.3) is 0 Å². The lowest BCUT2D eigenvalue weighted by Crippen LogP contribution is -2.53. The van der Waals surface area contributed by atoms with Crippen molar-refractivity contribution in [3.8, 4) is 0 Å². The van der Waals surface area contributed by atoms with Gasteiger partial charge < -0.3 is 19.7 Å². The van der Waals surface area contributed by atoms with Crippen molar-refractivity contribution >= 4 is 10.0 Å². The van der Waals surface area contributed by atoms with Gasteiger partial charge in [0.1, 0.15) is 12.2 Å². The zero-order valence-corrected chi connectivity index (χ0v) is 16.2. The molecule has 0 aliphatic carbocycles. The van der Waals surface area contributed by atoms with Crippen molar-refractivity contribution in [2.75, 3.05) is 33.4 Å². The molecule has 2 saturated heterocycles. The number of rotatable bonds is 8. The Labute approximate surface area is 160 Å². The number of hydrogen-bond donors (Lipinski definition) is 3. The molecule has 8 nitrogen and oxygen atoms in total. The highest BCUT2D eigenvalue weighted by Gasteiger charge is 2.49. The molecule has 0 amide bonds. The van der Waals surface area contributed by atoms with E-state index in [2.05, 4.69) is 9.62 Å². The summed E-state index contributed by atoms with van der Waals surface area (Å²) in [6.07, 6.45) is -0.260. The van der Waals surface area contributed by atoms with Gasteiger partial charge in [0, 0.05) is 19.7 Å². The SMILES string of the molecule is COC[C@H]1CCCN1[C@@H]1[C@H](O)[C@H](CO)O[C@@H]1CNS(=O)(=O)c1ccccc1. The first kappa shape index (κ1) is 20.7. The lowest BCUT2D eigenvalue weighted by molar-refractivity contribution is -0.0201. The minimum atomic E-state index is -3.68. The van der Waals surface area contributed by atoms with Gasteiger partial charge in [-0.2, -0.15) is 0 Å². The molecule has 3 N–H and O–H groups in total. The molecule has 152 valence electrons. The molecule has 2 fully saturated rings. The summed E-state index contributed by atoms with van der Waals surface area (Å²) >= 11 is 0. The first-order valence-electron chi connectivity index (χ1n) is 9.21. The van der Waals surface area contributed by atoms with Crippen LogP contribution in [0.3, 0.4) is 0 Å². The first-order valence-corrected chi connectivity index (χ1v) is 10.7. The molecule has 1 aromatic carbocycles. The number of methoxy groups -OCH3 is 1. The van der Waals surface area contributed by atoms with Crippen molar-refractivity contribution in [3.05, 3.63) is 30.3 Å². The van der Waals surface area contributed by atoms with Gasteiger partial charge in [-0.3, -0.25) is 4.90 Å². The minimum absolute atomic E-state index is 0.0195. The molecule has 0 radical (unpaired) electrons. The monoisotopic (exact) mass is 400 g/mol. The highest BCUT2D eigenvalue weighted by atomic mass is 32.2. The fourth-order valence-electron chi connectivity index (χ4n) is 4.05. The fourth-order valence-corrected chi connectivity index (χ4v) is 5.12. The van der Waals surface area contributed by atoms with Crippen LogP contribution in [-0.4, -0.2) is 87.3 Å². The van der Waals surface area contributed by atoms with Crippen LogP contribution in [0.5, 0.6) is 0 Å². The van der Waals surface area contributed by atoms with Crippen molar-refractivity contribution in [1.29, 1.82) is 0 Å². The minimum Gasteiger partial charge on any atom is -0.394 e. The zero-order valence-electron chi connectivity index (χ0n) is 15.4. The number of nitrogens with one attached hydrogen (secondary N) is 1. The number of hydrogen-bond acceptors (Lipinski definition) is 7. The number of aliphatic hydroxyl groups is 2. The predicted octanol–water partition coefficient (Wildman–Crippen LogP) is -0.435. The van der Waals surface area contributed by atoms with Crippen LogP contribution in [0.2, 0.25) is 0 Å². The Bertz CT molecular complexity index is 701. The van der Waals surface area contributed by atoms with Crippen LogP contribution in [0.4, 0.5) is 0 Å². The summed E-state index contributed by atoms with van der Waals surface area (Å²) in [6.45, 7) is 1.02. The van der Waals surface area contributed by atoms with Crippen molar-refractivity contribution < 1.29 is 28.1 Å². The summed E-state index contributed by atoms with van der Waals surface area (Å²) in [7, 11) is -2.04. The normalized spacial score (nSPS) is 32.2. The molecule has 2 aliphatic heterocycles. The smallest absolute Gasteiger partial charge is 0.240 e. The molecular formula is C18H28N2O6S. The second-order valence-corrected chi connectivity index (χ2v) is 8.80. The van der Waals surface area contributed by atoms with Gasteiger partial charge in [-0.25, -0.2) is 13.1 Å².